The second-order valence-corrected chi connectivity index (χ2v) is 3.91. The van der Waals surface area contributed by atoms with Crippen LogP contribution in [0.1, 0.15) is 6.92 Å². The fourth-order valence-corrected chi connectivity index (χ4v) is 1.82. The smallest absolute Gasteiger partial charge is 0.316 e. The van der Waals surface area contributed by atoms with E-state index in [0.717, 1.165) is 24.0 Å². The van der Waals surface area contributed by atoms with Gasteiger partial charge in [0.15, 0.2) is 0 Å². The fraction of sp³-hybridized carbons (Fsp3) is 0.333. The van der Waals surface area contributed by atoms with Gasteiger partial charge in [0.1, 0.15) is 10.8 Å². The zero-order valence-electron chi connectivity index (χ0n) is 8.00. The topological polar surface area (TPSA) is 39.2 Å². The van der Waals surface area contributed by atoms with Crippen LogP contribution in [0.25, 0.3) is 0 Å². The van der Waals surface area contributed by atoms with Crippen LogP contribution >= 0.6 is 23.4 Å². The molecule has 0 aliphatic carbocycles. The molecule has 82 valence electrons. The van der Waals surface area contributed by atoms with E-state index in [0.29, 0.717) is 11.6 Å². The molecule has 0 fully saturated rings. The molecule has 0 aliphatic rings. The number of thioether (sulfide) groups is 1. The number of carbonyl (C=O) groups is 1. The second-order valence-electron chi connectivity index (χ2n) is 2.53. The van der Waals surface area contributed by atoms with Crippen molar-refractivity contribution in [2.45, 2.75) is 11.9 Å². The molecule has 0 unspecified atom stereocenters. The Morgan fingerprint density at radius 2 is 2.47 bits per heavy atom. The Morgan fingerprint density at radius 3 is 3.07 bits per heavy atom. The Balaban J connectivity index is 2.54. The molecule has 0 saturated carbocycles. The number of ether oxygens (including phenoxy) is 1. The normalized spacial score (nSPS) is 10.1. The molecular weight excluding hydrogens is 241 g/mol. The van der Waals surface area contributed by atoms with Crippen molar-refractivity contribution in [2.75, 3.05) is 12.4 Å². The molecule has 1 aromatic heterocycles. The number of pyridine rings is 1. The molecule has 0 aromatic carbocycles. The van der Waals surface area contributed by atoms with E-state index in [2.05, 4.69) is 4.98 Å². The van der Waals surface area contributed by atoms with E-state index in [-0.39, 0.29) is 16.7 Å². The first-order valence-corrected chi connectivity index (χ1v) is 5.59. The second kappa shape index (κ2) is 5.92. The third-order valence-corrected chi connectivity index (χ3v) is 2.79. The van der Waals surface area contributed by atoms with Gasteiger partial charge in [0, 0.05) is 0 Å². The Labute approximate surface area is 96.0 Å². The van der Waals surface area contributed by atoms with Gasteiger partial charge in [0.25, 0.3) is 0 Å². The highest BCUT2D eigenvalue weighted by Gasteiger charge is 2.08. The predicted octanol–water partition coefficient (Wildman–Crippen LogP) is 2.53. The zero-order chi connectivity index (χ0) is 11.3. The number of hydrogen-bond acceptors (Lipinski definition) is 4. The maximum atomic E-state index is 12.6. The summed E-state index contributed by atoms with van der Waals surface area (Å²) in [6.07, 6.45) is 1.05. The van der Waals surface area contributed by atoms with Gasteiger partial charge >= 0.3 is 5.97 Å². The average molecular weight is 250 g/mol. The monoisotopic (exact) mass is 249 g/mol. The van der Waals surface area contributed by atoms with Crippen molar-refractivity contribution < 1.29 is 13.9 Å². The highest BCUT2D eigenvalue weighted by atomic mass is 35.5. The third-order valence-electron chi connectivity index (χ3n) is 1.41. The van der Waals surface area contributed by atoms with Crippen molar-refractivity contribution in [1.29, 1.82) is 0 Å². The van der Waals surface area contributed by atoms with Crippen LogP contribution < -0.4 is 0 Å². The summed E-state index contributed by atoms with van der Waals surface area (Å²) in [6, 6.07) is 1.15. The molecule has 0 saturated heterocycles. The standard InChI is InChI=1S/C9H9ClFNO2S/c1-2-14-8(13)5-15-9-7(10)3-6(11)4-12-9/h3-4H,2,5H2,1H3. The quantitative estimate of drug-likeness (QED) is 0.607. The summed E-state index contributed by atoms with van der Waals surface area (Å²) < 4.78 is 17.3. The lowest BCUT2D eigenvalue weighted by molar-refractivity contribution is -0.139. The number of rotatable bonds is 4. The molecule has 0 spiro atoms. The molecule has 0 bridgehead atoms. The molecule has 0 amide bonds. The molecule has 6 heteroatoms. The van der Waals surface area contributed by atoms with Crippen molar-refractivity contribution in [1.82, 2.24) is 4.98 Å². The summed E-state index contributed by atoms with van der Waals surface area (Å²) in [4.78, 5) is 14.8. The molecule has 1 heterocycles. The molecule has 0 aliphatic heterocycles. The van der Waals surface area contributed by atoms with Crippen molar-refractivity contribution in [3.63, 3.8) is 0 Å². The third kappa shape index (κ3) is 4.05. The lowest BCUT2D eigenvalue weighted by atomic mass is 10.5. The summed E-state index contributed by atoms with van der Waals surface area (Å²) in [5.74, 6) is -0.725. The number of esters is 1. The van der Waals surface area contributed by atoms with Gasteiger partial charge in [-0.25, -0.2) is 9.37 Å². The lowest BCUT2D eigenvalue weighted by Gasteiger charge is -2.02. The summed E-state index contributed by atoms with van der Waals surface area (Å²) in [7, 11) is 0. The molecule has 0 atom stereocenters. The van der Waals surface area contributed by atoms with Crippen molar-refractivity contribution in [3.05, 3.63) is 23.1 Å². The largest absolute Gasteiger partial charge is 0.465 e. The zero-order valence-corrected chi connectivity index (χ0v) is 9.57. The van der Waals surface area contributed by atoms with E-state index in [4.69, 9.17) is 16.3 Å². The summed E-state index contributed by atoms with van der Waals surface area (Å²) in [5.41, 5.74) is 0. The van der Waals surface area contributed by atoms with E-state index >= 15 is 0 Å². The van der Waals surface area contributed by atoms with Crippen LogP contribution in [-0.2, 0) is 9.53 Å². The maximum absolute atomic E-state index is 12.6. The van der Waals surface area contributed by atoms with E-state index in [9.17, 15) is 9.18 Å². The van der Waals surface area contributed by atoms with Gasteiger partial charge < -0.3 is 4.74 Å². The van der Waals surface area contributed by atoms with Gasteiger partial charge in [0.2, 0.25) is 0 Å². The summed E-state index contributed by atoms with van der Waals surface area (Å²) in [5, 5.41) is 0.621. The number of hydrogen-bond donors (Lipinski definition) is 0. The van der Waals surface area contributed by atoms with Crippen LogP contribution in [0.15, 0.2) is 17.3 Å². The molecule has 15 heavy (non-hydrogen) atoms. The highest BCUT2D eigenvalue weighted by Crippen LogP contribution is 2.24. The Morgan fingerprint density at radius 1 is 1.73 bits per heavy atom. The minimum Gasteiger partial charge on any atom is -0.465 e. The maximum Gasteiger partial charge on any atom is 0.316 e. The molecular formula is C9H9ClFNO2S. The first kappa shape index (κ1) is 12.3. The Bertz CT molecular complexity index is 362. The Kier molecular flexibility index (Phi) is 4.84. The van der Waals surface area contributed by atoms with Crippen LogP contribution in [0.3, 0.4) is 0 Å². The van der Waals surface area contributed by atoms with Gasteiger partial charge in [-0.1, -0.05) is 23.4 Å². The first-order valence-electron chi connectivity index (χ1n) is 4.23. The molecule has 0 radical (unpaired) electrons. The summed E-state index contributed by atoms with van der Waals surface area (Å²) in [6.45, 7) is 2.07. The number of aromatic nitrogens is 1. The van der Waals surface area contributed by atoms with Gasteiger partial charge in [-0.15, -0.1) is 0 Å². The number of carbonyl (C=O) groups excluding carboxylic acids is 1. The SMILES string of the molecule is CCOC(=O)CSc1ncc(F)cc1Cl. The van der Waals surface area contributed by atoms with Crippen molar-refractivity contribution in [3.8, 4) is 0 Å². The number of halogens is 2. The van der Waals surface area contributed by atoms with Gasteiger partial charge in [-0.05, 0) is 13.0 Å². The van der Waals surface area contributed by atoms with Crippen LogP contribution in [0.2, 0.25) is 5.02 Å². The molecule has 1 rings (SSSR count). The first-order chi connectivity index (χ1) is 7.13. The van der Waals surface area contributed by atoms with E-state index in [1.54, 1.807) is 6.92 Å². The fourth-order valence-electron chi connectivity index (χ4n) is 0.838. The van der Waals surface area contributed by atoms with E-state index in [1.165, 1.54) is 0 Å². The minimum absolute atomic E-state index is 0.117. The van der Waals surface area contributed by atoms with E-state index < -0.39 is 5.82 Å². The molecule has 0 N–H and O–H groups in total. The minimum atomic E-state index is -0.500. The van der Waals surface area contributed by atoms with Crippen LogP contribution in [-0.4, -0.2) is 23.3 Å². The molecule has 1 aromatic rings. The van der Waals surface area contributed by atoms with Crippen LogP contribution in [0.5, 0.6) is 0 Å². The van der Waals surface area contributed by atoms with E-state index in [1.807, 2.05) is 0 Å². The average Bonchev–Trinajstić information content (AvgIpc) is 2.17. The van der Waals surface area contributed by atoms with Crippen LogP contribution in [0.4, 0.5) is 4.39 Å². The lowest BCUT2D eigenvalue weighted by Crippen LogP contribution is -2.06. The summed E-state index contributed by atoms with van der Waals surface area (Å²) >= 11 is 6.83. The molecule has 3 nitrogen and oxygen atoms in total. The number of nitrogens with zero attached hydrogens (tertiary/aromatic N) is 1. The Hall–Kier alpha value is -0.810. The predicted molar refractivity (Wildman–Crippen MR) is 56.6 cm³/mol. The highest BCUT2D eigenvalue weighted by molar-refractivity contribution is 8.00. The van der Waals surface area contributed by atoms with Gasteiger partial charge in [-0.2, -0.15) is 0 Å². The van der Waals surface area contributed by atoms with Gasteiger partial charge in [-0.3, -0.25) is 4.79 Å². The van der Waals surface area contributed by atoms with Crippen molar-refractivity contribution >= 4 is 29.3 Å². The van der Waals surface area contributed by atoms with Gasteiger partial charge in [0.05, 0.1) is 23.6 Å². The van der Waals surface area contributed by atoms with Crippen LogP contribution in [0, 0.1) is 5.82 Å². The van der Waals surface area contributed by atoms with Crippen molar-refractivity contribution in [2.24, 2.45) is 0 Å².